The smallest absolute Gasteiger partial charge is 0.121 e. The van der Waals surface area contributed by atoms with Crippen molar-refractivity contribution in [3.8, 4) is 0 Å². The second-order valence-electron chi connectivity index (χ2n) is 4.76. The number of aromatic nitrogens is 2. The summed E-state index contributed by atoms with van der Waals surface area (Å²) in [4.78, 5) is 0. The van der Waals surface area contributed by atoms with Gasteiger partial charge in [0.05, 0.1) is 5.69 Å². The number of hydrogen-bond donors (Lipinski definition) is 1. The van der Waals surface area contributed by atoms with Crippen LogP contribution in [0.1, 0.15) is 42.8 Å². The lowest BCUT2D eigenvalue weighted by Crippen LogP contribution is -2.12. The van der Waals surface area contributed by atoms with Crippen LogP contribution in [0.3, 0.4) is 0 Å². The molecule has 1 atom stereocenters. The van der Waals surface area contributed by atoms with E-state index in [2.05, 4.69) is 34.9 Å². The maximum atomic E-state index is 10.5. The van der Waals surface area contributed by atoms with Crippen LogP contribution in [0.25, 0.3) is 0 Å². The molecule has 1 unspecified atom stereocenters. The molecule has 3 nitrogen and oxygen atoms in total. The molecule has 2 aromatic rings. The summed E-state index contributed by atoms with van der Waals surface area (Å²) < 4.78 is 2.83. The van der Waals surface area contributed by atoms with Gasteiger partial charge in [0.1, 0.15) is 6.10 Å². The highest BCUT2D eigenvalue weighted by molar-refractivity contribution is 9.10. The van der Waals surface area contributed by atoms with Gasteiger partial charge in [-0.15, -0.1) is 0 Å². The molecule has 0 radical (unpaired) electrons. The number of halogens is 1. The monoisotopic (exact) mass is 308 g/mol. The SMILES string of the molecule is Cc1cc(Br)cc(C(O)c2ccnn2C(C)C)c1. The van der Waals surface area contributed by atoms with Crippen molar-refractivity contribution in [2.75, 3.05) is 0 Å². The molecule has 1 N–H and O–H groups in total. The second-order valence-corrected chi connectivity index (χ2v) is 5.67. The van der Waals surface area contributed by atoms with Gasteiger partial charge in [0.2, 0.25) is 0 Å². The van der Waals surface area contributed by atoms with Crippen LogP contribution < -0.4 is 0 Å². The summed E-state index contributed by atoms with van der Waals surface area (Å²) in [6.45, 7) is 6.12. The Labute approximate surface area is 116 Å². The topological polar surface area (TPSA) is 38.1 Å². The van der Waals surface area contributed by atoms with E-state index in [9.17, 15) is 5.11 Å². The molecule has 0 saturated carbocycles. The van der Waals surface area contributed by atoms with Crippen LogP contribution in [0.15, 0.2) is 34.9 Å². The summed E-state index contributed by atoms with van der Waals surface area (Å²) in [6, 6.07) is 8.05. The summed E-state index contributed by atoms with van der Waals surface area (Å²) in [5.41, 5.74) is 2.82. The standard InChI is InChI=1S/C14H17BrN2O/c1-9(2)17-13(4-5-16-17)14(18)11-6-10(3)7-12(15)8-11/h4-9,14,18H,1-3H3. The molecular weight excluding hydrogens is 292 g/mol. The Hall–Kier alpha value is -1.13. The molecule has 0 spiro atoms. The molecule has 0 saturated heterocycles. The van der Waals surface area contributed by atoms with Crippen molar-refractivity contribution >= 4 is 15.9 Å². The minimum absolute atomic E-state index is 0.234. The van der Waals surface area contributed by atoms with Gasteiger partial charge >= 0.3 is 0 Å². The lowest BCUT2D eigenvalue weighted by atomic mass is 10.0. The number of aliphatic hydroxyl groups is 1. The van der Waals surface area contributed by atoms with Crippen LogP contribution >= 0.6 is 15.9 Å². The molecule has 0 aliphatic carbocycles. The Morgan fingerprint density at radius 3 is 2.61 bits per heavy atom. The fraction of sp³-hybridized carbons (Fsp3) is 0.357. The van der Waals surface area contributed by atoms with E-state index in [1.807, 2.05) is 35.9 Å². The minimum Gasteiger partial charge on any atom is -0.382 e. The first-order valence-electron chi connectivity index (χ1n) is 5.97. The van der Waals surface area contributed by atoms with Gasteiger partial charge in [0.25, 0.3) is 0 Å². The molecule has 0 aliphatic rings. The first kappa shape index (κ1) is 13.3. The summed E-state index contributed by atoms with van der Waals surface area (Å²) in [7, 11) is 0. The van der Waals surface area contributed by atoms with Crippen molar-refractivity contribution in [2.45, 2.75) is 32.9 Å². The zero-order chi connectivity index (χ0) is 13.3. The molecule has 1 aromatic heterocycles. The molecule has 1 heterocycles. The van der Waals surface area contributed by atoms with Crippen molar-refractivity contribution in [1.82, 2.24) is 9.78 Å². The molecule has 0 bridgehead atoms. The van der Waals surface area contributed by atoms with E-state index in [4.69, 9.17) is 0 Å². The van der Waals surface area contributed by atoms with Crippen LogP contribution in [0, 0.1) is 6.92 Å². The largest absolute Gasteiger partial charge is 0.382 e. The first-order valence-corrected chi connectivity index (χ1v) is 6.77. The van der Waals surface area contributed by atoms with E-state index in [0.717, 1.165) is 21.3 Å². The Morgan fingerprint density at radius 2 is 2.00 bits per heavy atom. The maximum absolute atomic E-state index is 10.5. The highest BCUT2D eigenvalue weighted by Crippen LogP contribution is 2.27. The first-order chi connectivity index (χ1) is 8.49. The molecule has 2 rings (SSSR count). The van der Waals surface area contributed by atoms with E-state index >= 15 is 0 Å². The van der Waals surface area contributed by atoms with Crippen molar-refractivity contribution in [3.63, 3.8) is 0 Å². The quantitative estimate of drug-likeness (QED) is 0.940. The summed E-state index contributed by atoms with van der Waals surface area (Å²) >= 11 is 3.46. The van der Waals surface area contributed by atoms with Crippen molar-refractivity contribution in [2.24, 2.45) is 0 Å². The second kappa shape index (κ2) is 5.24. The van der Waals surface area contributed by atoms with Crippen molar-refractivity contribution in [1.29, 1.82) is 0 Å². The van der Waals surface area contributed by atoms with Crippen LogP contribution in [-0.2, 0) is 0 Å². The third kappa shape index (κ3) is 2.65. The van der Waals surface area contributed by atoms with Gasteiger partial charge in [-0.1, -0.05) is 22.0 Å². The van der Waals surface area contributed by atoms with Crippen LogP contribution in [0.2, 0.25) is 0 Å². The van der Waals surface area contributed by atoms with Gasteiger partial charge in [-0.3, -0.25) is 4.68 Å². The number of hydrogen-bond acceptors (Lipinski definition) is 2. The average molecular weight is 309 g/mol. The zero-order valence-corrected chi connectivity index (χ0v) is 12.3. The lowest BCUT2D eigenvalue weighted by Gasteiger charge is -2.17. The molecule has 18 heavy (non-hydrogen) atoms. The van der Waals surface area contributed by atoms with Gasteiger partial charge in [-0.05, 0) is 50.1 Å². The third-order valence-corrected chi connectivity index (χ3v) is 3.31. The molecule has 96 valence electrons. The molecule has 0 aliphatic heterocycles. The minimum atomic E-state index is -0.647. The molecular formula is C14H17BrN2O. The highest BCUT2D eigenvalue weighted by atomic mass is 79.9. The Bertz CT molecular complexity index is 528. The Morgan fingerprint density at radius 1 is 1.28 bits per heavy atom. The predicted octanol–water partition coefficient (Wildman–Crippen LogP) is 3.62. The van der Waals surface area contributed by atoms with Gasteiger partial charge in [-0.2, -0.15) is 5.10 Å². The van der Waals surface area contributed by atoms with E-state index in [1.54, 1.807) is 6.20 Å². The van der Waals surface area contributed by atoms with Crippen LogP contribution in [0.5, 0.6) is 0 Å². The number of rotatable bonds is 3. The molecule has 0 amide bonds. The molecule has 4 heteroatoms. The maximum Gasteiger partial charge on any atom is 0.121 e. The number of aliphatic hydroxyl groups excluding tert-OH is 1. The number of nitrogens with zero attached hydrogens (tertiary/aromatic N) is 2. The summed E-state index contributed by atoms with van der Waals surface area (Å²) in [6.07, 6.45) is 1.08. The van der Waals surface area contributed by atoms with Gasteiger partial charge in [-0.25, -0.2) is 0 Å². The predicted molar refractivity (Wildman–Crippen MR) is 75.6 cm³/mol. The summed E-state index contributed by atoms with van der Waals surface area (Å²) in [5, 5.41) is 14.7. The number of benzene rings is 1. The van der Waals surface area contributed by atoms with Crippen molar-refractivity contribution < 1.29 is 5.11 Å². The zero-order valence-electron chi connectivity index (χ0n) is 10.8. The van der Waals surface area contributed by atoms with Gasteiger partial charge in [0, 0.05) is 16.7 Å². The van der Waals surface area contributed by atoms with E-state index in [1.165, 1.54) is 0 Å². The van der Waals surface area contributed by atoms with Crippen LogP contribution in [0.4, 0.5) is 0 Å². The fourth-order valence-corrected chi connectivity index (χ4v) is 2.69. The third-order valence-electron chi connectivity index (χ3n) is 2.85. The average Bonchev–Trinajstić information content (AvgIpc) is 2.75. The number of aryl methyl sites for hydroxylation is 1. The summed E-state index contributed by atoms with van der Waals surface area (Å²) in [5.74, 6) is 0. The van der Waals surface area contributed by atoms with E-state index in [-0.39, 0.29) is 6.04 Å². The lowest BCUT2D eigenvalue weighted by molar-refractivity contribution is 0.205. The highest BCUT2D eigenvalue weighted by Gasteiger charge is 2.17. The molecule has 0 fully saturated rings. The normalized spacial score (nSPS) is 13.0. The van der Waals surface area contributed by atoms with E-state index < -0.39 is 6.10 Å². The Balaban J connectivity index is 2.41. The molecule has 1 aromatic carbocycles. The van der Waals surface area contributed by atoms with Crippen LogP contribution in [-0.4, -0.2) is 14.9 Å². The fourth-order valence-electron chi connectivity index (χ4n) is 2.07. The Kier molecular flexibility index (Phi) is 3.88. The van der Waals surface area contributed by atoms with Gasteiger partial charge < -0.3 is 5.11 Å². The van der Waals surface area contributed by atoms with Crippen molar-refractivity contribution in [3.05, 3.63) is 51.8 Å². The van der Waals surface area contributed by atoms with Gasteiger partial charge in [0.15, 0.2) is 0 Å². The van der Waals surface area contributed by atoms with E-state index in [0.29, 0.717) is 0 Å².